The lowest BCUT2D eigenvalue weighted by atomic mass is 10.1. The molecular weight excluding hydrogens is 534 g/mol. The second-order valence-electron chi connectivity index (χ2n) is 9.44. The standard InChI is InChI=1S/C28H29F4N3O3S/c1-21-5-2-3-8-26(21)27(36)34(20-22-9-11-24(29)12-10-22)16-13-33-14-17-35(18-15-33)39(37,38)25-7-4-6-23(19-25)28(30,31)32/h2-12,19H,13-18,20H2,1H3. The van der Waals surface area contributed by atoms with Gasteiger partial charge in [0, 0.05) is 51.4 Å². The van der Waals surface area contributed by atoms with E-state index in [1.807, 2.05) is 24.0 Å². The molecule has 11 heteroatoms. The van der Waals surface area contributed by atoms with Gasteiger partial charge in [0.05, 0.1) is 10.5 Å². The highest BCUT2D eigenvalue weighted by Crippen LogP contribution is 2.31. The van der Waals surface area contributed by atoms with Crippen molar-refractivity contribution >= 4 is 15.9 Å². The maximum atomic E-state index is 13.4. The van der Waals surface area contributed by atoms with Crippen molar-refractivity contribution in [1.82, 2.24) is 14.1 Å². The van der Waals surface area contributed by atoms with Gasteiger partial charge in [-0.1, -0.05) is 36.4 Å². The van der Waals surface area contributed by atoms with Crippen molar-refractivity contribution in [2.75, 3.05) is 39.3 Å². The van der Waals surface area contributed by atoms with E-state index in [2.05, 4.69) is 0 Å². The fourth-order valence-electron chi connectivity index (χ4n) is 4.48. The predicted molar refractivity (Wildman–Crippen MR) is 139 cm³/mol. The fourth-order valence-corrected chi connectivity index (χ4v) is 5.95. The van der Waals surface area contributed by atoms with Gasteiger partial charge in [0.25, 0.3) is 5.91 Å². The second kappa shape index (κ2) is 11.8. The minimum atomic E-state index is -4.64. The van der Waals surface area contributed by atoms with Gasteiger partial charge in [0.1, 0.15) is 5.82 Å². The number of hydrogen-bond acceptors (Lipinski definition) is 4. The largest absolute Gasteiger partial charge is 0.416 e. The minimum absolute atomic E-state index is 0.113. The molecular formula is C28H29F4N3O3S. The van der Waals surface area contributed by atoms with Crippen molar-refractivity contribution < 1.29 is 30.8 Å². The zero-order chi connectivity index (χ0) is 28.2. The van der Waals surface area contributed by atoms with E-state index in [0.717, 1.165) is 23.3 Å². The molecule has 1 aliphatic rings. The zero-order valence-electron chi connectivity index (χ0n) is 21.4. The lowest BCUT2D eigenvalue weighted by Gasteiger charge is -2.35. The molecule has 3 aromatic carbocycles. The van der Waals surface area contributed by atoms with Gasteiger partial charge in [-0.2, -0.15) is 17.5 Å². The summed E-state index contributed by atoms with van der Waals surface area (Å²) in [5.41, 5.74) is 1.16. The van der Waals surface area contributed by atoms with E-state index in [4.69, 9.17) is 0 Å². The van der Waals surface area contributed by atoms with E-state index in [-0.39, 0.29) is 36.3 Å². The number of alkyl halides is 3. The molecule has 1 amide bonds. The first-order valence-electron chi connectivity index (χ1n) is 12.4. The molecule has 1 heterocycles. The lowest BCUT2D eigenvalue weighted by molar-refractivity contribution is -0.137. The summed E-state index contributed by atoms with van der Waals surface area (Å²) in [6, 6.07) is 17.0. The van der Waals surface area contributed by atoms with E-state index in [1.54, 1.807) is 29.2 Å². The maximum absolute atomic E-state index is 13.4. The molecule has 0 N–H and O–H groups in total. The van der Waals surface area contributed by atoms with E-state index in [1.165, 1.54) is 22.5 Å². The van der Waals surface area contributed by atoms with Crippen molar-refractivity contribution in [2.45, 2.75) is 24.5 Å². The zero-order valence-corrected chi connectivity index (χ0v) is 22.2. The summed E-state index contributed by atoms with van der Waals surface area (Å²) < 4.78 is 79.8. The Labute approximate surface area is 225 Å². The van der Waals surface area contributed by atoms with Gasteiger partial charge in [-0.05, 0) is 54.4 Å². The number of rotatable bonds is 8. The molecule has 208 valence electrons. The van der Waals surface area contributed by atoms with Gasteiger partial charge < -0.3 is 4.90 Å². The highest BCUT2D eigenvalue weighted by atomic mass is 32.2. The number of halogens is 4. The highest BCUT2D eigenvalue weighted by Gasteiger charge is 2.34. The third-order valence-electron chi connectivity index (χ3n) is 6.77. The Bertz CT molecular complexity index is 1400. The summed E-state index contributed by atoms with van der Waals surface area (Å²) in [4.78, 5) is 16.7. The van der Waals surface area contributed by atoms with Gasteiger partial charge >= 0.3 is 6.18 Å². The average Bonchev–Trinajstić information content (AvgIpc) is 2.92. The molecule has 0 atom stereocenters. The molecule has 0 radical (unpaired) electrons. The van der Waals surface area contributed by atoms with Crippen LogP contribution in [-0.4, -0.2) is 67.7 Å². The predicted octanol–water partition coefficient (Wildman–Crippen LogP) is 4.80. The van der Waals surface area contributed by atoms with Crippen molar-refractivity contribution in [1.29, 1.82) is 0 Å². The Balaban J connectivity index is 1.41. The summed E-state index contributed by atoms with van der Waals surface area (Å²) in [5, 5.41) is 0. The van der Waals surface area contributed by atoms with Gasteiger partial charge in [0.2, 0.25) is 10.0 Å². The first-order chi connectivity index (χ1) is 18.4. The van der Waals surface area contributed by atoms with Crippen LogP contribution in [0.3, 0.4) is 0 Å². The first-order valence-corrected chi connectivity index (χ1v) is 13.9. The monoisotopic (exact) mass is 563 g/mol. The lowest BCUT2D eigenvalue weighted by Crippen LogP contribution is -2.50. The van der Waals surface area contributed by atoms with Crippen LogP contribution in [0.15, 0.2) is 77.7 Å². The summed E-state index contributed by atoms with van der Waals surface area (Å²) in [7, 11) is -4.09. The Kier molecular flexibility index (Phi) is 8.73. The number of amides is 1. The smallest absolute Gasteiger partial charge is 0.333 e. The topological polar surface area (TPSA) is 60.9 Å². The fraction of sp³-hybridized carbons (Fsp3) is 0.321. The van der Waals surface area contributed by atoms with Gasteiger partial charge in [-0.15, -0.1) is 0 Å². The summed E-state index contributed by atoms with van der Waals surface area (Å²) >= 11 is 0. The van der Waals surface area contributed by atoms with Crippen LogP contribution < -0.4 is 0 Å². The summed E-state index contributed by atoms with van der Waals surface area (Å²) in [6.45, 7) is 3.90. The number of benzene rings is 3. The molecule has 0 aliphatic carbocycles. The van der Waals surface area contributed by atoms with Crippen molar-refractivity contribution in [3.05, 3.63) is 101 Å². The molecule has 39 heavy (non-hydrogen) atoms. The average molecular weight is 564 g/mol. The highest BCUT2D eigenvalue weighted by molar-refractivity contribution is 7.89. The SMILES string of the molecule is Cc1ccccc1C(=O)N(CCN1CCN(S(=O)(=O)c2cccc(C(F)(F)F)c2)CC1)Cc1ccc(F)cc1. The van der Waals surface area contributed by atoms with Gasteiger partial charge in [-0.25, -0.2) is 12.8 Å². The molecule has 0 saturated carbocycles. The molecule has 6 nitrogen and oxygen atoms in total. The van der Waals surface area contributed by atoms with Crippen LogP contribution >= 0.6 is 0 Å². The quantitative estimate of drug-likeness (QED) is 0.370. The summed E-state index contributed by atoms with van der Waals surface area (Å²) in [6.07, 6.45) is -4.64. The Morgan fingerprint density at radius 1 is 0.923 bits per heavy atom. The Hall–Kier alpha value is -3.28. The normalized spacial score (nSPS) is 15.3. The Morgan fingerprint density at radius 3 is 2.23 bits per heavy atom. The maximum Gasteiger partial charge on any atom is 0.416 e. The van der Waals surface area contributed by atoms with Crippen LogP contribution in [0.4, 0.5) is 17.6 Å². The Morgan fingerprint density at radius 2 is 1.59 bits per heavy atom. The van der Waals surface area contributed by atoms with Crippen LogP contribution in [0.5, 0.6) is 0 Å². The molecule has 0 bridgehead atoms. The second-order valence-corrected chi connectivity index (χ2v) is 11.4. The third kappa shape index (κ3) is 7.03. The van der Waals surface area contributed by atoms with E-state index >= 15 is 0 Å². The van der Waals surface area contributed by atoms with Crippen LogP contribution in [0.25, 0.3) is 0 Å². The van der Waals surface area contributed by atoms with Crippen LogP contribution in [0, 0.1) is 12.7 Å². The van der Waals surface area contributed by atoms with Gasteiger partial charge in [0.15, 0.2) is 0 Å². The molecule has 0 aromatic heterocycles. The number of carbonyl (C=O) groups excluding carboxylic acids is 1. The van der Waals surface area contributed by atoms with E-state index in [0.29, 0.717) is 37.8 Å². The van der Waals surface area contributed by atoms with Gasteiger partial charge in [-0.3, -0.25) is 9.69 Å². The number of hydrogen-bond donors (Lipinski definition) is 0. The van der Waals surface area contributed by atoms with Crippen LogP contribution in [-0.2, 0) is 22.7 Å². The minimum Gasteiger partial charge on any atom is -0.333 e. The van der Waals surface area contributed by atoms with Crippen molar-refractivity contribution in [2.24, 2.45) is 0 Å². The number of nitrogens with zero attached hydrogens (tertiary/aromatic N) is 3. The third-order valence-corrected chi connectivity index (χ3v) is 8.66. The number of aryl methyl sites for hydroxylation is 1. The summed E-state index contributed by atoms with van der Waals surface area (Å²) in [5.74, 6) is -0.531. The van der Waals surface area contributed by atoms with E-state index < -0.39 is 21.8 Å². The van der Waals surface area contributed by atoms with Crippen molar-refractivity contribution in [3.63, 3.8) is 0 Å². The molecule has 1 aliphatic heterocycles. The number of carbonyl (C=O) groups is 1. The van der Waals surface area contributed by atoms with Crippen molar-refractivity contribution in [3.8, 4) is 0 Å². The molecule has 3 aromatic rings. The molecule has 1 saturated heterocycles. The number of piperazine rings is 1. The molecule has 0 unspecified atom stereocenters. The molecule has 4 rings (SSSR count). The van der Waals surface area contributed by atoms with Crippen LogP contribution in [0.1, 0.15) is 27.0 Å². The number of sulfonamides is 1. The molecule has 0 spiro atoms. The first kappa shape index (κ1) is 28.7. The van der Waals surface area contributed by atoms with Crippen LogP contribution in [0.2, 0.25) is 0 Å². The van der Waals surface area contributed by atoms with E-state index in [9.17, 15) is 30.8 Å². The molecule has 1 fully saturated rings.